The van der Waals surface area contributed by atoms with Crippen LogP contribution in [0.5, 0.6) is 0 Å². The number of benzene rings is 1. The maximum absolute atomic E-state index is 3.64. The van der Waals surface area contributed by atoms with Crippen LogP contribution < -0.4 is 5.32 Å². The molecule has 102 valence electrons. The Morgan fingerprint density at radius 3 is 2.22 bits per heavy atom. The number of rotatable bonds is 7. The van der Waals surface area contributed by atoms with E-state index in [1.165, 1.54) is 12.0 Å². The van der Waals surface area contributed by atoms with Crippen LogP contribution in [0.3, 0.4) is 0 Å². The summed E-state index contributed by atoms with van der Waals surface area (Å²) in [6.07, 6.45) is 2.41. The molecule has 1 nitrogen and oxygen atoms in total. The standard InChI is InChI=1S/C16H26BrN/c1-5-18-16(13(4)10-12(2)3)11-14-6-8-15(17)9-7-14/h6-9,12-13,16,18H,5,10-11H2,1-4H3. The Hall–Kier alpha value is -0.340. The van der Waals surface area contributed by atoms with E-state index in [1.807, 2.05) is 0 Å². The molecule has 18 heavy (non-hydrogen) atoms. The second-order valence-electron chi connectivity index (χ2n) is 5.60. The van der Waals surface area contributed by atoms with Crippen LogP contribution in [-0.4, -0.2) is 12.6 Å². The van der Waals surface area contributed by atoms with E-state index in [9.17, 15) is 0 Å². The highest BCUT2D eigenvalue weighted by atomic mass is 79.9. The summed E-state index contributed by atoms with van der Waals surface area (Å²) < 4.78 is 1.15. The normalized spacial score (nSPS) is 14.8. The van der Waals surface area contributed by atoms with Gasteiger partial charge in [-0.05, 0) is 48.9 Å². The number of hydrogen-bond donors (Lipinski definition) is 1. The highest BCUT2D eigenvalue weighted by Gasteiger charge is 2.17. The molecule has 2 atom stereocenters. The van der Waals surface area contributed by atoms with Gasteiger partial charge in [0.2, 0.25) is 0 Å². The minimum absolute atomic E-state index is 0.582. The van der Waals surface area contributed by atoms with Gasteiger partial charge in [0.1, 0.15) is 0 Å². The van der Waals surface area contributed by atoms with Crippen molar-refractivity contribution < 1.29 is 0 Å². The molecule has 0 spiro atoms. The molecule has 0 aliphatic carbocycles. The summed E-state index contributed by atoms with van der Waals surface area (Å²) in [5.74, 6) is 1.49. The molecule has 0 aliphatic rings. The van der Waals surface area contributed by atoms with Gasteiger partial charge in [0.25, 0.3) is 0 Å². The highest BCUT2D eigenvalue weighted by Crippen LogP contribution is 2.19. The summed E-state index contributed by atoms with van der Waals surface area (Å²) in [7, 11) is 0. The first-order chi connectivity index (χ1) is 8.52. The van der Waals surface area contributed by atoms with E-state index in [0.29, 0.717) is 12.0 Å². The van der Waals surface area contributed by atoms with Gasteiger partial charge >= 0.3 is 0 Å². The van der Waals surface area contributed by atoms with Crippen LogP contribution in [0.4, 0.5) is 0 Å². The van der Waals surface area contributed by atoms with Gasteiger partial charge in [-0.3, -0.25) is 0 Å². The molecular weight excluding hydrogens is 286 g/mol. The van der Waals surface area contributed by atoms with Gasteiger partial charge in [-0.1, -0.05) is 55.8 Å². The third-order valence-electron chi connectivity index (χ3n) is 3.37. The summed E-state index contributed by atoms with van der Waals surface area (Å²) in [5, 5.41) is 3.64. The topological polar surface area (TPSA) is 12.0 Å². The van der Waals surface area contributed by atoms with Gasteiger partial charge < -0.3 is 5.32 Å². The number of likely N-dealkylation sites (N-methyl/N-ethyl adjacent to an activating group) is 1. The summed E-state index contributed by atoms with van der Waals surface area (Å²) in [4.78, 5) is 0. The molecule has 1 N–H and O–H groups in total. The molecular formula is C16H26BrN. The Morgan fingerprint density at radius 1 is 1.11 bits per heavy atom. The van der Waals surface area contributed by atoms with E-state index in [0.717, 1.165) is 23.4 Å². The van der Waals surface area contributed by atoms with E-state index < -0.39 is 0 Å². The molecule has 1 aromatic rings. The monoisotopic (exact) mass is 311 g/mol. The molecule has 1 rings (SSSR count). The molecule has 0 amide bonds. The molecule has 0 heterocycles. The first-order valence-corrected chi connectivity index (χ1v) is 7.80. The van der Waals surface area contributed by atoms with Crippen molar-refractivity contribution in [2.24, 2.45) is 11.8 Å². The fourth-order valence-electron chi connectivity index (χ4n) is 2.52. The van der Waals surface area contributed by atoms with Gasteiger partial charge in [0, 0.05) is 10.5 Å². The Morgan fingerprint density at radius 2 is 1.72 bits per heavy atom. The predicted molar refractivity (Wildman–Crippen MR) is 83.9 cm³/mol. The summed E-state index contributed by atoms with van der Waals surface area (Å²) >= 11 is 3.49. The minimum Gasteiger partial charge on any atom is -0.314 e. The van der Waals surface area contributed by atoms with E-state index in [1.54, 1.807) is 0 Å². The van der Waals surface area contributed by atoms with Gasteiger partial charge in [-0.2, -0.15) is 0 Å². The summed E-state index contributed by atoms with van der Waals surface area (Å²) in [6, 6.07) is 9.28. The molecule has 0 aliphatic heterocycles. The Balaban J connectivity index is 2.64. The maximum atomic E-state index is 3.64. The van der Waals surface area contributed by atoms with E-state index in [2.05, 4.69) is 73.2 Å². The molecule has 1 aromatic carbocycles. The number of nitrogens with one attached hydrogen (secondary N) is 1. The van der Waals surface area contributed by atoms with Crippen molar-refractivity contribution in [3.8, 4) is 0 Å². The van der Waals surface area contributed by atoms with Crippen molar-refractivity contribution in [3.05, 3.63) is 34.3 Å². The molecule has 2 heteroatoms. The van der Waals surface area contributed by atoms with Crippen LogP contribution in [0.2, 0.25) is 0 Å². The largest absolute Gasteiger partial charge is 0.314 e. The average Bonchev–Trinajstić information content (AvgIpc) is 2.30. The van der Waals surface area contributed by atoms with Crippen molar-refractivity contribution in [1.29, 1.82) is 0 Å². The van der Waals surface area contributed by atoms with Gasteiger partial charge in [-0.15, -0.1) is 0 Å². The lowest BCUT2D eigenvalue weighted by Crippen LogP contribution is -2.37. The molecule has 0 aromatic heterocycles. The molecule has 0 saturated heterocycles. The van der Waals surface area contributed by atoms with E-state index in [-0.39, 0.29) is 0 Å². The molecule has 0 radical (unpaired) electrons. The first-order valence-electron chi connectivity index (χ1n) is 7.00. The van der Waals surface area contributed by atoms with Gasteiger partial charge in [0.05, 0.1) is 0 Å². The fraction of sp³-hybridized carbons (Fsp3) is 0.625. The lowest BCUT2D eigenvalue weighted by Gasteiger charge is -2.26. The van der Waals surface area contributed by atoms with Crippen molar-refractivity contribution in [1.82, 2.24) is 5.32 Å². The second kappa shape index (κ2) is 7.96. The first kappa shape index (κ1) is 15.7. The Bertz CT molecular complexity index is 331. The lowest BCUT2D eigenvalue weighted by molar-refractivity contribution is 0.325. The second-order valence-corrected chi connectivity index (χ2v) is 6.52. The van der Waals surface area contributed by atoms with E-state index in [4.69, 9.17) is 0 Å². The van der Waals surface area contributed by atoms with Crippen LogP contribution in [0.1, 0.15) is 39.7 Å². The average molecular weight is 312 g/mol. The minimum atomic E-state index is 0.582. The van der Waals surface area contributed by atoms with E-state index >= 15 is 0 Å². The zero-order chi connectivity index (χ0) is 13.5. The van der Waals surface area contributed by atoms with Crippen LogP contribution in [-0.2, 0) is 6.42 Å². The third-order valence-corrected chi connectivity index (χ3v) is 3.89. The molecule has 0 saturated carbocycles. The fourth-order valence-corrected chi connectivity index (χ4v) is 2.78. The highest BCUT2D eigenvalue weighted by molar-refractivity contribution is 9.10. The Kier molecular flexibility index (Phi) is 6.95. The van der Waals surface area contributed by atoms with Gasteiger partial charge in [0.15, 0.2) is 0 Å². The van der Waals surface area contributed by atoms with Crippen molar-refractivity contribution in [3.63, 3.8) is 0 Å². The van der Waals surface area contributed by atoms with Crippen LogP contribution in [0, 0.1) is 11.8 Å². The summed E-state index contributed by atoms with van der Waals surface area (Å²) in [5.41, 5.74) is 1.42. The smallest absolute Gasteiger partial charge is 0.0175 e. The number of halogens is 1. The maximum Gasteiger partial charge on any atom is 0.0175 e. The quantitative estimate of drug-likeness (QED) is 0.772. The third kappa shape index (κ3) is 5.53. The van der Waals surface area contributed by atoms with Crippen LogP contribution in [0.25, 0.3) is 0 Å². The number of hydrogen-bond acceptors (Lipinski definition) is 1. The molecule has 0 fully saturated rings. The van der Waals surface area contributed by atoms with Crippen molar-refractivity contribution in [2.75, 3.05) is 6.54 Å². The molecule has 2 unspecified atom stereocenters. The van der Waals surface area contributed by atoms with Crippen molar-refractivity contribution in [2.45, 2.75) is 46.6 Å². The Labute approximate surface area is 120 Å². The van der Waals surface area contributed by atoms with Crippen molar-refractivity contribution >= 4 is 15.9 Å². The molecule has 0 bridgehead atoms. The zero-order valence-electron chi connectivity index (χ0n) is 12.0. The lowest BCUT2D eigenvalue weighted by atomic mass is 9.88. The predicted octanol–water partition coefficient (Wildman–Crippen LogP) is 4.65. The SMILES string of the molecule is CCNC(Cc1ccc(Br)cc1)C(C)CC(C)C. The van der Waals surface area contributed by atoms with Crippen LogP contribution >= 0.6 is 15.9 Å². The van der Waals surface area contributed by atoms with Crippen LogP contribution in [0.15, 0.2) is 28.7 Å². The van der Waals surface area contributed by atoms with Gasteiger partial charge in [-0.25, -0.2) is 0 Å². The summed E-state index contributed by atoms with van der Waals surface area (Å²) in [6.45, 7) is 10.2. The zero-order valence-corrected chi connectivity index (χ0v) is 13.6.